The van der Waals surface area contributed by atoms with E-state index in [9.17, 15) is 23.1 Å². The maximum Gasteiger partial charge on any atom is 0.323 e. The first kappa shape index (κ1) is 36.4. The lowest BCUT2D eigenvalue weighted by Crippen LogP contribution is -2.34. The summed E-state index contributed by atoms with van der Waals surface area (Å²) in [6.07, 6.45) is 3.32. The van der Waals surface area contributed by atoms with Gasteiger partial charge in [-0.15, -0.1) is 0 Å². The Hall–Kier alpha value is -4.09. The number of rotatable bonds is 14. The second-order valence-corrected chi connectivity index (χ2v) is 14.4. The van der Waals surface area contributed by atoms with Gasteiger partial charge in [0.1, 0.15) is 11.5 Å². The molecule has 0 aromatic heterocycles. The Bertz CT molecular complexity index is 1640. The molecule has 250 valence electrons. The molecule has 0 aliphatic carbocycles. The predicted molar refractivity (Wildman–Crippen MR) is 184 cm³/mol. The molecule has 0 spiro atoms. The molecule has 0 fully saturated rings. The number of nitrogens with one attached hydrogen (secondary N) is 3. The van der Waals surface area contributed by atoms with Crippen molar-refractivity contribution in [1.82, 2.24) is 0 Å². The van der Waals surface area contributed by atoms with Crippen molar-refractivity contribution in [3.8, 4) is 11.5 Å². The number of hydrogen-bond acceptors (Lipinski definition) is 6. The third kappa shape index (κ3) is 9.46. The summed E-state index contributed by atoms with van der Waals surface area (Å²) in [6, 6.07) is 15.3. The summed E-state index contributed by atoms with van der Waals surface area (Å²) in [5, 5.41) is 23.7. The highest BCUT2D eigenvalue weighted by Gasteiger charge is 2.29. The van der Waals surface area contributed by atoms with Crippen molar-refractivity contribution in [2.75, 3.05) is 16.0 Å². The van der Waals surface area contributed by atoms with Gasteiger partial charge in [-0.2, -0.15) is 0 Å². The van der Waals surface area contributed by atoms with Crippen LogP contribution in [0.5, 0.6) is 11.5 Å². The molecule has 0 saturated heterocycles. The Morgan fingerprint density at radius 1 is 0.848 bits per heavy atom. The number of anilines is 3. The van der Waals surface area contributed by atoms with E-state index in [1.165, 1.54) is 42.0 Å². The average molecular weight is 653 g/mol. The molecule has 0 bridgehead atoms. The number of amides is 3. The van der Waals surface area contributed by atoms with E-state index in [1.807, 2.05) is 6.07 Å². The van der Waals surface area contributed by atoms with Gasteiger partial charge in [0.05, 0.1) is 10.6 Å². The van der Waals surface area contributed by atoms with Gasteiger partial charge in [0.15, 0.2) is 6.10 Å². The van der Waals surface area contributed by atoms with Gasteiger partial charge in [-0.05, 0) is 84.5 Å². The largest absolute Gasteiger partial charge is 0.506 e. The van der Waals surface area contributed by atoms with Crippen molar-refractivity contribution < 1.29 is 27.9 Å². The topological polar surface area (TPSA) is 160 Å². The van der Waals surface area contributed by atoms with Gasteiger partial charge < -0.3 is 25.8 Å². The Morgan fingerprint density at radius 3 is 2.04 bits per heavy atom. The SMILES string of the molecule is CCCCC(Oc1ccc(C(C)(C)CC)cc1C(C)(C)CC)C(=O)Nc1ccc(NC(=O)Nc2ccc(S(N)(=O)=O)cc2)c(O)c1. The smallest absolute Gasteiger partial charge is 0.323 e. The Kier molecular flexibility index (Phi) is 11.9. The molecule has 10 nitrogen and oxygen atoms in total. The van der Waals surface area contributed by atoms with Crippen LogP contribution in [0.1, 0.15) is 91.7 Å². The van der Waals surface area contributed by atoms with Crippen LogP contribution in [0, 0.1) is 0 Å². The first-order valence-electron chi connectivity index (χ1n) is 15.7. The molecule has 3 amide bonds. The molecule has 46 heavy (non-hydrogen) atoms. The van der Waals surface area contributed by atoms with Crippen LogP contribution in [0.15, 0.2) is 65.6 Å². The molecule has 11 heteroatoms. The highest BCUT2D eigenvalue weighted by Crippen LogP contribution is 2.39. The van der Waals surface area contributed by atoms with Crippen LogP contribution in [0.25, 0.3) is 0 Å². The zero-order valence-electron chi connectivity index (χ0n) is 27.9. The summed E-state index contributed by atoms with van der Waals surface area (Å²) in [6.45, 7) is 15.2. The summed E-state index contributed by atoms with van der Waals surface area (Å²) in [7, 11) is -3.86. The molecule has 0 heterocycles. The minimum atomic E-state index is -3.86. The van der Waals surface area contributed by atoms with E-state index in [0.29, 0.717) is 23.5 Å². The minimum Gasteiger partial charge on any atom is -0.506 e. The van der Waals surface area contributed by atoms with E-state index in [-0.39, 0.29) is 33.1 Å². The maximum absolute atomic E-state index is 13.5. The van der Waals surface area contributed by atoms with E-state index in [2.05, 4.69) is 76.5 Å². The average Bonchev–Trinajstić information content (AvgIpc) is 3.00. The normalized spacial score (nSPS) is 12.7. The molecule has 6 N–H and O–H groups in total. The second kappa shape index (κ2) is 15.0. The van der Waals surface area contributed by atoms with Crippen molar-refractivity contribution in [3.05, 3.63) is 71.8 Å². The summed E-state index contributed by atoms with van der Waals surface area (Å²) >= 11 is 0. The quantitative estimate of drug-likeness (QED) is 0.113. The molecule has 1 atom stereocenters. The first-order valence-corrected chi connectivity index (χ1v) is 17.2. The van der Waals surface area contributed by atoms with Crippen LogP contribution >= 0.6 is 0 Å². The first-order chi connectivity index (χ1) is 21.5. The van der Waals surface area contributed by atoms with Crippen LogP contribution < -0.4 is 25.8 Å². The molecule has 0 aliphatic heterocycles. The third-order valence-electron chi connectivity index (χ3n) is 8.59. The fraction of sp³-hybridized carbons (Fsp3) is 0.429. The third-order valence-corrected chi connectivity index (χ3v) is 9.52. The van der Waals surface area contributed by atoms with E-state index >= 15 is 0 Å². The number of carbonyl (C=O) groups is 2. The van der Waals surface area contributed by atoms with Crippen LogP contribution in [-0.4, -0.2) is 31.6 Å². The monoisotopic (exact) mass is 652 g/mol. The molecule has 3 aromatic rings. The predicted octanol–water partition coefficient (Wildman–Crippen LogP) is 7.64. The number of nitrogens with two attached hydrogens (primary N) is 1. The van der Waals surface area contributed by atoms with Crippen molar-refractivity contribution >= 4 is 39.0 Å². The van der Waals surface area contributed by atoms with E-state index < -0.39 is 22.2 Å². The molecular weight excluding hydrogens is 604 g/mol. The van der Waals surface area contributed by atoms with E-state index in [4.69, 9.17) is 9.88 Å². The van der Waals surface area contributed by atoms with Crippen LogP contribution in [0.2, 0.25) is 0 Å². The lowest BCUT2D eigenvalue weighted by atomic mass is 9.76. The maximum atomic E-state index is 13.5. The Balaban J connectivity index is 1.76. The van der Waals surface area contributed by atoms with Gasteiger partial charge in [0.2, 0.25) is 10.0 Å². The molecule has 3 rings (SSSR count). The van der Waals surface area contributed by atoms with Crippen LogP contribution in [0.3, 0.4) is 0 Å². The van der Waals surface area contributed by atoms with E-state index in [0.717, 1.165) is 31.2 Å². The number of primary sulfonamides is 1. The summed E-state index contributed by atoms with van der Waals surface area (Å²) < 4.78 is 29.3. The van der Waals surface area contributed by atoms with Gasteiger partial charge in [0.25, 0.3) is 5.91 Å². The van der Waals surface area contributed by atoms with Gasteiger partial charge in [-0.3, -0.25) is 4.79 Å². The van der Waals surface area contributed by atoms with E-state index in [1.54, 1.807) is 6.07 Å². The lowest BCUT2D eigenvalue weighted by molar-refractivity contribution is -0.123. The zero-order chi connectivity index (χ0) is 34.3. The van der Waals surface area contributed by atoms with Gasteiger partial charge >= 0.3 is 6.03 Å². The number of ether oxygens (including phenoxy) is 1. The Labute approximate surface area is 273 Å². The zero-order valence-corrected chi connectivity index (χ0v) is 28.7. The number of phenols is 1. The van der Waals surface area contributed by atoms with Gasteiger partial charge in [0, 0.05) is 23.0 Å². The van der Waals surface area contributed by atoms with Crippen LogP contribution in [-0.2, 0) is 25.6 Å². The molecule has 1 unspecified atom stereocenters. The highest BCUT2D eigenvalue weighted by molar-refractivity contribution is 7.89. The number of sulfonamides is 1. The summed E-state index contributed by atoms with van der Waals surface area (Å²) in [5.41, 5.74) is 2.89. The number of aromatic hydroxyl groups is 1. The number of carbonyl (C=O) groups excluding carboxylic acids is 2. The van der Waals surface area contributed by atoms with Crippen molar-refractivity contribution in [2.45, 2.75) is 102 Å². The molecule has 0 aliphatic rings. The highest BCUT2D eigenvalue weighted by atomic mass is 32.2. The number of urea groups is 1. The Morgan fingerprint density at radius 2 is 1.48 bits per heavy atom. The fourth-order valence-electron chi connectivity index (χ4n) is 4.71. The minimum absolute atomic E-state index is 0.00125. The molecular formula is C35H48N4O6S. The number of hydrogen-bond donors (Lipinski definition) is 5. The standard InChI is InChI=1S/C35H48N4O6S/c1-8-11-12-31(45-30-20-13-23(34(4,5)9-2)21-27(30)35(6,7)10-3)32(41)37-25-16-19-28(29(40)22-25)39-33(42)38-24-14-17-26(18-15-24)46(36,43)44/h13-22,31,40H,8-12H2,1-7H3,(H,37,41)(H2,36,43,44)(H2,38,39,42). The second-order valence-electron chi connectivity index (χ2n) is 12.8. The van der Waals surface area contributed by atoms with Crippen LogP contribution in [0.4, 0.5) is 21.9 Å². The number of phenolic OH excluding ortho intramolecular Hbond substituents is 1. The summed E-state index contributed by atoms with van der Waals surface area (Å²) in [4.78, 5) is 26.0. The van der Waals surface area contributed by atoms with Gasteiger partial charge in [-0.1, -0.05) is 67.0 Å². The molecule has 0 saturated carbocycles. The number of unbranched alkanes of at least 4 members (excludes halogenated alkanes) is 1. The fourth-order valence-corrected chi connectivity index (χ4v) is 5.23. The van der Waals surface area contributed by atoms with Gasteiger partial charge in [-0.25, -0.2) is 18.4 Å². The molecule has 0 radical (unpaired) electrons. The lowest BCUT2D eigenvalue weighted by Gasteiger charge is -2.31. The van der Waals surface area contributed by atoms with Crippen molar-refractivity contribution in [2.24, 2.45) is 5.14 Å². The number of benzene rings is 3. The summed E-state index contributed by atoms with van der Waals surface area (Å²) in [5.74, 6) is 0.0866. The van der Waals surface area contributed by atoms with Crippen molar-refractivity contribution in [1.29, 1.82) is 0 Å². The van der Waals surface area contributed by atoms with Crippen molar-refractivity contribution in [3.63, 3.8) is 0 Å². The molecule has 3 aromatic carbocycles.